The highest BCUT2D eigenvalue weighted by Crippen LogP contribution is 2.37. The first kappa shape index (κ1) is 20.2. The van der Waals surface area contributed by atoms with Crippen molar-refractivity contribution in [2.45, 2.75) is 25.4 Å². The zero-order valence-electron chi connectivity index (χ0n) is 18.5. The summed E-state index contributed by atoms with van der Waals surface area (Å²) in [5.41, 5.74) is 5.74. The topological polar surface area (TPSA) is 62.1 Å². The minimum atomic E-state index is 0.566. The Morgan fingerprint density at radius 3 is 2.73 bits per heavy atom. The molecule has 0 bridgehead atoms. The lowest BCUT2D eigenvalue weighted by molar-refractivity contribution is 0.303. The van der Waals surface area contributed by atoms with Gasteiger partial charge in [0.1, 0.15) is 5.82 Å². The number of halogens is 1. The lowest BCUT2D eigenvalue weighted by atomic mass is 10.1. The van der Waals surface area contributed by atoms with Crippen LogP contribution in [0.4, 0.5) is 23.3 Å². The molecule has 1 aliphatic carbocycles. The number of likely N-dealkylation sites (N-methyl/N-ethyl adjacent to an activating group) is 1. The molecule has 1 N–H and O–H groups in total. The van der Waals surface area contributed by atoms with Gasteiger partial charge in [-0.3, -0.25) is 4.57 Å². The first-order valence-corrected chi connectivity index (χ1v) is 11.4. The van der Waals surface area contributed by atoms with Crippen LogP contribution in [-0.4, -0.2) is 44.6 Å². The van der Waals surface area contributed by atoms with Crippen LogP contribution in [0.2, 0.25) is 5.02 Å². The van der Waals surface area contributed by atoms with Gasteiger partial charge in [-0.05, 0) is 62.3 Å². The summed E-state index contributed by atoms with van der Waals surface area (Å²) in [6.07, 6.45) is 7.76. The largest absolute Gasteiger partial charge is 0.324 e. The molecule has 0 fully saturated rings. The fourth-order valence-electron chi connectivity index (χ4n) is 4.71. The lowest BCUT2D eigenvalue weighted by Gasteiger charge is -2.30. The van der Waals surface area contributed by atoms with Crippen LogP contribution in [0.5, 0.6) is 0 Å². The van der Waals surface area contributed by atoms with Gasteiger partial charge in [0.25, 0.3) is 0 Å². The third kappa shape index (κ3) is 3.53. The molecule has 7 nitrogen and oxygen atoms in total. The third-order valence-electron chi connectivity index (χ3n) is 6.51. The van der Waals surface area contributed by atoms with Gasteiger partial charge in [-0.25, -0.2) is 9.97 Å². The van der Waals surface area contributed by atoms with E-state index in [9.17, 15) is 0 Å². The maximum Gasteiger partial charge on any atom is 0.229 e. The van der Waals surface area contributed by atoms with Crippen molar-refractivity contribution >= 4 is 34.9 Å². The van der Waals surface area contributed by atoms with Crippen molar-refractivity contribution in [2.75, 3.05) is 24.3 Å². The van der Waals surface area contributed by atoms with E-state index in [2.05, 4.69) is 57.4 Å². The number of nitrogens with one attached hydrogen (secondary N) is 1. The molecule has 2 aromatic heterocycles. The molecule has 8 heteroatoms. The number of hydrogen-bond donors (Lipinski definition) is 1. The summed E-state index contributed by atoms with van der Waals surface area (Å²) >= 11 is 6.48. The molecule has 0 saturated carbocycles. The van der Waals surface area contributed by atoms with Crippen LogP contribution >= 0.6 is 11.6 Å². The van der Waals surface area contributed by atoms with Crippen LogP contribution in [0.15, 0.2) is 61.1 Å². The van der Waals surface area contributed by atoms with E-state index in [0.29, 0.717) is 23.6 Å². The Morgan fingerprint density at radius 1 is 1.03 bits per heavy atom. The van der Waals surface area contributed by atoms with Crippen molar-refractivity contribution in [3.05, 3.63) is 82.8 Å². The molecule has 1 unspecified atom stereocenters. The Labute approximate surface area is 197 Å². The molecule has 0 saturated heterocycles. The Bertz CT molecular complexity index is 1350. The third-order valence-corrected chi connectivity index (χ3v) is 6.83. The van der Waals surface area contributed by atoms with Crippen molar-refractivity contribution in [3.8, 4) is 5.82 Å². The summed E-state index contributed by atoms with van der Waals surface area (Å²) in [5.74, 6) is 2.19. The zero-order valence-corrected chi connectivity index (χ0v) is 19.3. The standard InChI is InChI=1S/C25H24ClN7/c1-31(2)20-12-16-7-8-19(11-17(16)13-20)29-24-28-14-18-15-33(22-6-4-3-5-21(22)26)25-27-9-10-32(25)23(18)30-24/h3-11,14,20H,12-13,15H2,1-2H3,(H,28,29,30). The van der Waals surface area contributed by atoms with E-state index in [1.54, 1.807) is 6.20 Å². The van der Waals surface area contributed by atoms with Gasteiger partial charge in [0, 0.05) is 35.9 Å². The van der Waals surface area contributed by atoms with Crippen molar-refractivity contribution in [1.82, 2.24) is 24.4 Å². The average molecular weight is 458 g/mol. The van der Waals surface area contributed by atoms with Gasteiger partial charge in [-0.1, -0.05) is 29.8 Å². The van der Waals surface area contributed by atoms with E-state index in [1.807, 2.05) is 41.2 Å². The quantitative estimate of drug-likeness (QED) is 0.477. The number of imidazole rings is 1. The van der Waals surface area contributed by atoms with Crippen molar-refractivity contribution in [2.24, 2.45) is 0 Å². The van der Waals surface area contributed by atoms with Gasteiger partial charge >= 0.3 is 0 Å². The maximum atomic E-state index is 6.48. The fraction of sp³-hybridized carbons (Fsp3) is 0.240. The minimum Gasteiger partial charge on any atom is -0.324 e. The molecule has 2 aromatic carbocycles. The molecular weight excluding hydrogens is 434 g/mol. The first-order valence-electron chi connectivity index (χ1n) is 11.0. The molecule has 166 valence electrons. The van der Waals surface area contributed by atoms with Crippen LogP contribution in [0.3, 0.4) is 0 Å². The van der Waals surface area contributed by atoms with Gasteiger partial charge in [0.15, 0.2) is 0 Å². The molecule has 0 radical (unpaired) electrons. The minimum absolute atomic E-state index is 0.566. The van der Waals surface area contributed by atoms with Gasteiger partial charge in [0.05, 0.1) is 17.3 Å². The van der Waals surface area contributed by atoms with Crippen molar-refractivity contribution in [3.63, 3.8) is 0 Å². The second-order valence-corrected chi connectivity index (χ2v) is 9.22. The Hall–Kier alpha value is -3.42. The van der Waals surface area contributed by atoms with Gasteiger partial charge in [0.2, 0.25) is 11.9 Å². The number of fused-ring (bicyclic) bond motifs is 4. The van der Waals surface area contributed by atoms with Crippen LogP contribution in [0.25, 0.3) is 5.82 Å². The molecule has 33 heavy (non-hydrogen) atoms. The molecule has 0 spiro atoms. The molecule has 3 heterocycles. The van der Waals surface area contributed by atoms with Gasteiger partial charge < -0.3 is 15.1 Å². The Balaban J connectivity index is 1.30. The first-order chi connectivity index (χ1) is 16.1. The van der Waals surface area contributed by atoms with Crippen LogP contribution < -0.4 is 10.2 Å². The molecule has 1 atom stereocenters. The van der Waals surface area contributed by atoms with Crippen LogP contribution in [0, 0.1) is 0 Å². The Kier molecular flexibility index (Phi) is 4.81. The number of rotatable bonds is 4. The SMILES string of the molecule is CN(C)C1Cc2ccc(Nc3ncc4c(n3)-n3ccnc3N(c3ccccc3Cl)C4)cc2C1. The van der Waals surface area contributed by atoms with Crippen molar-refractivity contribution < 1.29 is 0 Å². The van der Waals surface area contributed by atoms with Crippen LogP contribution in [-0.2, 0) is 19.4 Å². The number of benzene rings is 2. The number of hydrogen-bond acceptors (Lipinski definition) is 6. The summed E-state index contributed by atoms with van der Waals surface area (Å²) < 4.78 is 1.99. The maximum absolute atomic E-state index is 6.48. The summed E-state index contributed by atoms with van der Waals surface area (Å²) in [7, 11) is 4.29. The second-order valence-electron chi connectivity index (χ2n) is 8.81. The smallest absolute Gasteiger partial charge is 0.229 e. The normalized spacial score (nSPS) is 16.5. The summed E-state index contributed by atoms with van der Waals surface area (Å²) in [6, 6.07) is 14.9. The highest BCUT2D eigenvalue weighted by molar-refractivity contribution is 6.33. The zero-order chi connectivity index (χ0) is 22.5. The molecule has 2 aliphatic rings. The summed E-state index contributed by atoms with van der Waals surface area (Å²) in [5, 5.41) is 4.08. The van der Waals surface area contributed by atoms with Gasteiger partial charge in [-0.15, -0.1) is 0 Å². The highest BCUT2D eigenvalue weighted by Gasteiger charge is 2.27. The monoisotopic (exact) mass is 457 g/mol. The highest BCUT2D eigenvalue weighted by atomic mass is 35.5. The summed E-state index contributed by atoms with van der Waals surface area (Å²) in [4.78, 5) is 18.4. The Morgan fingerprint density at radius 2 is 1.88 bits per heavy atom. The van der Waals surface area contributed by atoms with Gasteiger partial charge in [-0.2, -0.15) is 4.98 Å². The van der Waals surface area contributed by atoms with E-state index >= 15 is 0 Å². The second kappa shape index (κ2) is 7.86. The predicted molar refractivity (Wildman–Crippen MR) is 131 cm³/mol. The summed E-state index contributed by atoms with van der Waals surface area (Å²) in [6.45, 7) is 0.598. The van der Waals surface area contributed by atoms with Crippen molar-refractivity contribution in [1.29, 1.82) is 0 Å². The molecule has 4 aromatic rings. The van der Waals surface area contributed by atoms with Crippen LogP contribution in [0.1, 0.15) is 16.7 Å². The van der Waals surface area contributed by atoms with E-state index in [0.717, 1.165) is 41.5 Å². The molecule has 0 amide bonds. The number of aromatic nitrogens is 4. The predicted octanol–water partition coefficient (Wildman–Crippen LogP) is 4.74. The fourth-order valence-corrected chi connectivity index (χ4v) is 4.95. The van der Waals surface area contributed by atoms with E-state index < -0.39 is 0 Å². The van der Waals surface area contributed by atoms with E-state index in [-0.39, 0.29) is 0 Å². The van der Waals surface area contributed by atoms with E-state index in [1.165, 1.54) is 11.1 Å². The van der Waals surface area contributed by atoms with E-state index in [4.69, 9.17) is 16.6 Å². The molecule has 1 aliphatic heterocycles. The number of nitrogens with zero attached hydrogens (tertiary/aromatic N) is 6. The lowest BCUT2D eigenvalue weighted by Crippen LogP contribution is -2.27. The molecular formula is C25H24ClN7. The number of para-hydroxylation sites is 1. The number of anilines is 4. The molecule has 6 rings (SSSR count). The average Bonchev–Trinajstić information content (AvgIpc) is 3.47.